The van der Waals surface area contributed by atoms with E-state index in [1.165, 1.54) is 5.56 Å². The summed E-state index contributed by atoms with van der Waals surface area (Å²) in [5.74, 6) is 0.0417. The first kappa shape index (κ1) is 11.5. The summed E-state index contributed by atoms with van der Waals surface area (Å²) in [7, 11) is 0. The number of hydrogen-bond donors (Lipinski definition) is 1. The standard InChI is InChI=1S/C15H17NO2/c1-15(17,12-7-9-18-10-12)13-6-2-4-11-5-3-8-16-14(11)13/h3,5,7-10,13,17H,2,4,6H2,1H3. The third kappa shape index (κ3) is 1.75. The number of rotatable bonds is 2. The normalized spacial score (nSPS) is 22.2. The summed E-state index contributed by atoms with van der Waals surface area (Å²) in [4.78, 5) is 4.49. The molecule has 2 atom stereocenters. The minimum absolute atomic E-state index is 0.0417. The minimum Gasteiger partial charge on any atom is -0.472 e. The Balaban J connectivity index is 2.04. The lowest BCUT2D eigenvalue weighted by molar-refractivity contribution is 0.0183. The number of aromatic nitrogens is 1. The Hall–Kier alpha value is -1.61. The van der Waals surface area contributed by atoms with Crippen LogP contribution in [0.1, 0.15) is 42.5 Å². The van der Waals surface area contributed by atoms with Gasteiger partial charge in [-0.15, -0.1) is 0 Å². The molecule has 0 saturated carbocycles. The van der Waals surface area contributed by atoms with E-state index in [-0.39, 0.29) is 5.92 Å². The largest absolute Gasteiger partial charge is 0.472 e. The molecular weight excluding hydrogens is 226 g/mol. The fourth-order valence-electron chi connectivity index (χ4n) is 2.91. The summed E-state index contributed by atoms with van der Waals surface area (Å²) in [5, 5.41) is 10.8. The van der Waals surface area contributed by atoms with E-state index < -0.39 is 5.60 Å². The van der Waals surface area contributed by atoms with Gasteiger partial charge in [0, 0.05) is 23.4 Å². The average Bonchev–Trinajstić information content (AvgIpc) is 2.92. The van der Waals surface area contributed by atoms with Crippen LogP contribution in [-0.2, 0) is 12.0 Å². The molecule has 2 aromatic rings. The van der Waals surface area contributed by atoms with Crippen LogP contribution < -0.4 is 0 Å². The van der Waals surface area contributed by atoms with Crippen molar-refractivity contribution in [2.24, 2.45) is 0 Å². The zero-order chi connectivity index (χ0) is 12.6. The number of aliphatic hydroxyl groups is 1. The Kier molecular flexibility index (Phi) is 2.71. The van der Waals surface area contributed by atoms with Crippen LogP contribution in [0.4, 0.5) is 0 Å². The molecule has 0 fully saturated rings. The van der Waals surface area contributed by atoms with Crippen LogP contribution in [0.5, 0.6) is 0 Å². The summed E-state index contributed by atoms with van der Waals surface area (Å²) < 4.78 is 5.10. The van der Waals surface area contributed by atoms with E-state index in [4.69, 9.17) is 4.42 Å². The molecule has 94 valence electrons. The van der Waals surface area contributed by atoms with Gasteiger partial charge < -0.3 is 9.52 Å². The molecule has 3 rings (SSSR count). The third-order valence-electron chi connectivity index (χ3n) is 3.98. The first-order valence-corrected chi connectivity index (χ1v) is 6.38. The summed E-state index contributed by atoms with van der Waals surface area (Å²) >= 11 is 0. The maximum absolute atomic E-state index is 10.8. The zero-order valence-electron chi connectivity index (χ0n) is 10.5. The van der Waals surface area contributed by atoms with E-state index in [1.807, 2.05) is 25.3 Å². The second-order valence-corrected chi connectivity index (χ2v) is 5.15. The molecule has 0 aromatic carbocycles. The topological polar surface area (TPSA) is 46.3 Å². The molecule has 3 nitrogen and oxygen atoms in total. The van der Waals surface area contributed by atoms with Crippen molar-refractivity contribution in [1.82, 2.24) is 4.98 Å². The molecule has 0 radical (unpaired) electrons. The maximum Gasteiger partial charge on any atom is 0.0982 e. The molecule has 2 aromatic heterocycles. The van der Waals surface area contributed by atoms with Gasteiger partial charge in [-0.25, -0.2) is 0 Å². The molecule has 1 aliphatic rings. The van der Waals surface area contributed by atoms with Crippen molar-refractivity contribution >= 4 is 0 Å². The number of aryl methyl sites for hydroxylation is 1. The van der Waals surface area contributed by atoms with Crippen LogP contribution in [0.25, 0.3) is 0 Å². The number of fused-ring (bicyclic) bond motifs is 1. The highest BCUT2D eigenvalue weighted by Crippen LogP contribution is 2.43. The van der Waals surface area contributed by atoms with Crippen molar-refractivity contribution in [2.45, 2.75) is 37.7 Å². The molecule has 0 bridgehead atoms. The summed E-state index contributed by atoms with van der Waals surface area (Å²) in [5.41, 5.74) is 2.20. The molecule has 2 unspecified atom stereocenters. The van der Waals surface area contributed by atoms with E-state index in [0.717, 1.165) is 30.5 Å². The van der Waals surface area contributed by atoms with E-state index in [0.29, 0.717) is 0 Å². The summed E-state index contributed by atoms with van der Waals surface area (Å²) in [6.45, 7) is 1.85. The zero-order valence-corrected chi connectivity index (χ0v) is 10.5. The molecule has 1 aliphatic carbocycles. The molecule has 0 aliphatic heterocycles. The van der Waals surface area contributed by atoms with Crippen LogP contribution in [0.3, 0.4) is 0 Å². The van der Waals surface area contributed by atoms with Gasteiger partial charge in [0.05, 0.1) is 18.1 Å². The molecule has 2 heterocycles. The number of pyridine rings is 1. The van der Waals surface area contributed by atoms with Crippen molar-refractivity contribution in [2.75, 3.05) is 0 Å². The molecule has 0 saturated heterocycles. The average molecular weight is 243 g/mol. The van der Waals surface area contributed by atoms with E-state index in [2.05, 4.69) is 11.1 Å². The second kappa shape index (κ2) is 4.25. The Labute approximate surface area is 106 Å². The summed E-state index contributed by atoms with van der Waals surface area (Å²) in [6, 6.07) is 5.91. The third-order valence-corrected chi connectivity index (χ3v) is 3.98. The van der Waals surface area contributed by atoms with Crippen LogP contribution in [0, 0.1) is 0 Å². The van der Waals surface area contributed by atoms with Gasteiger partial charge in [0.25, 0.3) is 0 Å². The predicted molar refractivity (Wildman–Crippen MR) is 68.2 cm³/mol. The van der Waals surface area contributed by atoms with Gasteiger partial charge in [-0.3, -0.25) is 4.98 Å². The lowest BCUT2D eigenvalue weighted by Gasteiger charge is -2.35. The van der Waals surface area contributed by atoms with Crippen molar-refractivity contribution in [3.63, 3.8) is 0 Å². The Bertz CT molecular complexity index is 531. The van der Waals surface area contributed by atoms with Gasteiger partial charge in [-0.05, 0) is 43.9 Å². The second-order valence-electron chi connectivity index (χ2n) is 5.15. The molecule has 1 N–H and O–H groups in total. The lowest BCUT2D eigenvalue weighted by atomic mass is 9.74. The Morgan fingerprint density at radius 1 is 1.44 bits per heavy atom. The van der Waals surface area contributed by atoms with Crippen LogP contribution in [0.15, 0.2) is 41.3 Å². The Morgan fingerprint density at radius 3 is 3.11 bits per heavy atom. The van der Waals surface area contributed by atoms with Crippen LogP contribution in [0.2, 0.25) is 0 Å². The van der Waals surface area contributed by atoms with Crippen LogP contribution >= 0.6 is 0 Å². The quantitative estimate of drug-likeness (QED) is 0.882. The van der Waals surface area contributed by atoms with Crippen molar-refractivity contribution in [1.29, 1.82) is 0 Å². The number of hydrogen-bond acceptors (Lipinski definition) is 3. The first-order chi connectivity index (χ1) is 8.69. The molecule has 0 amide bonds. The molecule has 3 heteroatoms. The smallest absolute Gasteiger partial charge is 0.0982 e. The minimum atomic E-state index is -0.920. The van der Waals surface area contributed by atoms with Crippen molar-refractivity contribution in [3.8, 4) is 0 Å². The van der Waals surface area contributed by atoms with Gasteiger partial charge in [-0.2, -0.15) is 0 Å². The molecule has 18 heavy (non-hydrogen) atoms. The number of furan rings is 1. The highest BCUT2D eigenvalue weighted by atomic mass is 16.3. The predicted octanol–water partition coefficient (Wildman–Crippen LogP) is 3.00. The number of nitrogens with zero attached hydrogens (tertiary/aromatic N) is 1. The Morgan fingerprint density at radius 2 is 2.33 bits per heavy atom. The van der Waals surface area contributed by atoms with Gasteiger partial charge in [0.2, 0.25) is 0 Å². The lowest BCUT2D eigenvalue weighted by Crippen LogP contribution is -2.32. The first-order valence-electron chi connectivity index (χ1n) is 6.38. The fraction of sp³-hybridized carbons (Fsp3) is 0.400. The SMILES string of the molecule is CC(O)(c1ccoc1)C1CCCc2cccnc21. The summed E-state index contributed by atoms with van der Waals surface area (Å²) in [6.07, 6.45) is 8.15. The maximum atomic E-state index is 10.8. The van der Waals surface area contributed by atoms with Gasteiger partial charge in [0.15, 0.2) is 0 Å². The highest BCUT2D eigenvalue weighted by molar-refractivity contribution is 5.32. The van der Waals surface area contributed by atoms with E-state index in [9.17, 15) is 5.11 Å². The molecular formula is C15H17NO2. The van der Waals surface area contributed by atoms with E-state index in [1.54, 1.807) is 12.5 Å². The monoisotopic (exact) mass is 243 g/mol. The van der Waals surface area contributed by atoms with E-state index >= 15 is 0 Å². The van der Waals surface area contributed by atoms with Crippen LogP contribution in [-0.4, -0.2) is 10.1 Å². The van der Waals surface area contributed by atoms with Gasteiger partial charge >= 0.3 is 0 Å². The highest BCUT2D eigenvalue weighted by Gasteiger charge is 2.38. The van der Waals surface area contributed by atoms with Crippen molar-refractivity contribution < 1.29 is 9.52 Å². The molecule has 0 spiro atoms. The fourth-order valence-corrected chi connectivity index (χ4v) is 2.91. The van der Waals surface area contributed by atoms with Crippen molar-refractivity contribution in [3.05, 3.63) is 53.7 Å². The van der Waals surface area contributed by atoms with Gasteiger partial charge in [0.1, 0.15) is 0 Å². The van der Waals surface area contributed by atoms with Gasteiger partial charge in [-0.1, -0.05) is 6.07 Å².